The lowest BCUT2D eigenvalue weighted by molar-refractivity contribution is -0.136. The largest absolute Gasteiger partial charge is 0.418 e. The van der Waals surface area contributed by atoms with Gasteiger partial charge in [0.25, 0.3) is 0 Å². The van der Waals surface area contributed by atoms with Crippen LogP contribution in [0.25, 0.3) is 0 Å². The molecule has 1 saturated heterocycles. The molecule has 0 unspecified atom stereocenters. The van der Waals surface area contributed by atoms with Gasteiger partial charge in [-0.2, -0.15) is 13.2 Å². The summed E-state index contributed by atoms with van der Waals surface area (Å²) in [6.45, 7) is 2.58. The number of benzene rings is 1. The molecule has 1 aromatic carbocycles. The third-order valence-corrected chi connectivity index (χ3v) is 3.91. The van der Waals surface area contributed by atoms with Gasteiger partial charge < -0.3 is 20.3 Å². The number of carbonyl (C=O) groups excluding carboxylic acids is 1. The molecule has 0 radical (unpaired) electrons. The van der Waals surface area contributed by atoms with E-state index in [1.54, 1.807) is 12.3 Å². The van der Waals surface area contributed by atoms with E-state index in [-0.39, 0.29) is 12.2 Å². The summed E-state index contributed by atoms with van der Waals surface area (Å²) in [6.07, 6.45) is -2.98. The van der Waals surface area contributed by atoms with Crippen molar-refractivity contribution in [3.8, 4) is 0 Å². The van der Waals surface area contributed by atoms with Crippen LogP contribution in [0.1, 0.15) is 11.3 Å². The Morgan fingerprint density at radius 2 is 1.93 bits per heavy atom. The molecule has 0 saturated carbocycles. The number of aromatic nitrogens is 2. The number of carbonyl (C=O) groups is 1. The van der Waals surface area contributed by atoms with Crippen molar-refractivity contribution < 1.29 is 22.7 Å². The Kier molecular flexibility index (Phi) is 5.75. The SMILES string of the molecule is O=C(NCc1ccnc(N2CCOCC2)n1)Nc1ccccc1C(F)(F)F. The summed E-state index contributed by atoms with van der Waals surface area (Å²) < 4.78 is 44.2. The van der Waals surface area contributed by atoms with E-state index in [1.807, 2.05) is 4.90 Å². The van der Waals surface area contributed by atoms with Gasteiger partial charge >= 0.3 is 12.2 Å². The number of nitrogens with zero attached hydrogens (tertiary/aromatic N) is 3. The third-order valence-electron chi connectivity index (χ3n) is 3.91. The Labute approximate surface area is 153 Å². The van der Waals surface area contributed by atoms with Crippen molar-refractivity contribution >= 4 is 17.7 Å². The molecular weight excluding hydrogens is 363 g/mol. The lowest BCUT2D eigenvalue weighted by Gasteiger charge is -2.26. The number of para-hydroxylation sites is 1. The second kappa shape index (κ2) is 8.21. The van der Waals surface area contributed by atoms with Crippen LogP contribution in [0.5, 0.6) is 0 Å². The molecule has 10 heteroatoms. The average Bonchev–Trinajstić information content (AvgIpc) is 2.67. The van der Waals surface area contributed by atoms with E-state index in [2.05, 4.69) is 20.6 Å². The van der Waals surface area contributed by atoms with Gasteiger partial charge in [-0.15, -0.1) is 0 Å². The summed E-state index contributed by atoms with van der Waals surface area (Å²) in [5.74, 6) is 0.528. The molecule has 1 aliphatic rings. The first-order chi connectivity index (χ1) is 12.9. The Balaban J connectivity index is 1.60. The molecule has 144 valence electrons. The normalized spacial score (nSPS) is 14.7. The highest BCUT2D eigenvalue weighted by molar-refractivity contribution is 5.90. The first-order valence-electron chi connectivity index (χ1n) is 8.29. The van der Waals surface area contributed by atoms with E-state index in [4.69, 9.17) is 4.74 Å². The van der Waals surface area contributed by atoms with Crippen molar-refractivity contribution in [1.29, 1.82) is 0 Å². The zero-order chi connectivity index (χ0) is 19.3. The maximum absolute atomic E-state index is 13.0. The van der Waals surface area contributed by atoms with Gasteiger partial charge in [0.1, 0.15) is 0 Å². The molecule has 1 fully saturated rings. The molecule has 2 heterocycles. The first-order valence-corrected chi connectivity index (χ1v) is 8.29. The van der Waals surface area contributed by atoms with Crippen LogP contribution >= 0.6 is 0 Å². The van der Waals surface area contributed by atoms with Crippen LogP contribution in [0.15, 0.2) is 36.5 Å². The summed E-state index contributed by atoms with van der Waals surface area (Å²) >= 11 is 0. The highest BCUT2D eigenvalue weighted by Crippen LogP contribution is 2.34. The molecule has 27 heavy (non-hydrogen) atoms. The van der Waals surface area contributed by atoms with Crippen LogP contribution < -0.4 is 15.5 Å². The Morgan fingerprint density at radius 3 is 2.67 bits per heavy atom. The lowest BCUT2D eigenvalue weighted by Crippen LogP contribution is -2.37. The fourth-order valence-electron chi connectivity index (χ4n) is 2.58. The monoisotopic (exact) mass is 381 g/mol. The summed E-state index contributed by atoms with van der Waals surface area (Å²) in [4.78, 5) is 22.5. The van der Waals surface area contributed by atoms with E-state index >= 15 is 0 Å². The van der Waals surface area contributed by atoms with Crippen LogP contribution in [0.4, 0.5) is 29.6 Å². The molecule has 2 aromatic rings. The molecule has 3 rings (SSSR count). The van der Waals surface area contributed by atoms with Crippen molar-refractivity contribution in [2.75, 3.05) is 36.5 Å². The van der Waals surface area contributed by atoms with Gasteiger partial charge in [0.05, 0.1) is 36.7 Å². The number of anilines is 2. The predicted octanol–water partition coefficient (Wildman–Crippen LogP) is 2.65. The van der Waals surface area contributed by atoms with E-state index < -0.39 is 17.8 Å². The summed E-state index contributed by atoms with van der Waals surface area (Å²) in [5.41, 5.74) is -0.665. The second-order valence-corrected chi connectivity index (χ2v) is 5.80. The van der Waals surface area contributed by atoms with Crippen LogP contribution in [-0.2, 0) is 17.5 Å². The number of rotatable bonds is 4. The zero-order valence-electron chi connectivity index (χ0n) is 14.3. The molecule has 0 bridgehead atoms. The molecule has 0 atom stereocenters. The van der Waals surface area contributed by atoms with Crippen LogP contribution in [0.2, 0.25) is 0 Å². The predicted molar refractivity (Wildman–Crippen MR) is 92.4 cm³/mol. The average molecular weight is 381 g/mol. The highest BCUT2D eigenvalue weighted by Gasteiger charge is 2.33. The zero-order valence-corrected chi connectivity index (χ0v) is 14.3. The van der Waals surface area contributed by atoms with Crippen LogP contribution in [0, 0.1) is 0 Å². The Bertz CT molecular complexity index is 794. The smallest absolute Gasteiger partial charge is 0.378 e. The van der Waals surface area contributed by atoms with Gasteiger partial charge in [-0.3, -0.25) is 0 Å². The van der Waals surface area contributed by atoms with Gasteiger partial charge in [-0.25, -0.2) is 14.8 Å². The Morgan fingerprint density at radius 1 is 1.19 bits per heavy atom. The molecule has 2 N–H and O–H groups in total. The standard InChI is InChI=1S/C17H18F3N5O2/c18-17(19,20)13-3-1-2-4-14(13)24-16(26)22-11-12-5-6-21-15(23-12)25-7-9-27-10-8-25/h1-6H,7-11H2,(H2,22,24,26). The molecule has 7 nitrogen and oxygen atoms in total. The molecule has 0 aliphatic carbocycles. The van der Waals surface area contributed by atoms with E-state index in [0.29, 0.717) is 37.9 Å². The molecule has 1 aromatic heterocycles. The van der Waals surface area contributed by atoms with E-state index in [1.165, 1.54) is 18.2 Å². The minimum Gasteiger partial charge on any atom is -0.378 e. The van der Waals surface area contributed by atoms with Crippen molar-refractivity contribution in [3.63, 3.8) is 0 Å². The topological polar surface area (TPSA) is 79.4 Å². The number of ether oxygens (including phenoxy) is 1. The van der Waals surface area contributed by atoms with Gasteiger partial charge in [0, 0.05) is 19.3 Å². The lowest BCUT2D eigenvalue weighted by atomic mass is 10.1. The van der Waals surface area contributed by atoms with Crippen molar-refractivity contribution in [3.05, 3.63) is 47.8 Å². The number of hydrogen-bond acceptors (Lipinski definition) is 5. The number of alkyl halides is 3. The van der Waals surface area contributed by atoms with Crippen LogP contribution in [-0.4, -0.2) is 42.3 Å². The maximum Gasteiger partial charge on any atom is 0.418 e. The second-order valence-electron chi connectivity index (χ2n) is 5.80. The number of urea groups is 1. The van der Waals surface area contributed by atoms with Crippen molar-refractivity contribution in [2.45, 2.75) is 12.7 Å². The van der Waals surface area contributed by atoms with Gasteiger partial charge in [0.2, 0.25) is 5.95 Å². The van der Waals surface area contributed by atoms with E-state index in [9.17, 15) is 18.0 Å². The quantitative estimate of drug-likeness (QED) is 0.851. The van der Waals surface area contributed by atoms with E-state index in [0.717, 1.165) is 6.07 Å². The summed E-state index contributed by atoms with van der Waals surface area (Å²) in [7, 11) is 0. The molecule has 1 aliphatic heterocycles. The fourth-order valence-corrected chi connectivity index (χ4v) is 2.58. The Hall–Kier alpha value is -2.88. The van der Waals surface area contributed by atoms with Crippen molar-refractivity contribution in [1.82, 2.24) is 15.3 Å². The number of hydrogen-bond donors (Lipinski definition) is 2. The number of amides is 2. The highest BCUT2D eigenvalue weighted by atomic mass is 19.4. The number of nitrogens with one attached hydrogen (secondary N) is 2. The summed E-state index contributed by atoms with van der Waals surface area (Å²) in [6, 6.07) is 5.67. The van der Waals surface area contributed by atoms with Gasteiger partial charge in [0.15, 0.2) is 0 Å². The van der Waals surface area contributed by atoms with Gasteiger partial charge in [-0.05, 0) is 18.2 Å². The first kappa shape index (κ1) is 18.9. The van der Waals surface area contributed by atoms with Crippen LogP contribution in [0.3, 0.4) is 0 Å². The third kappa shape index (κ3) is 5.07. The van der Waals surface area contributed by atoms with Crippen molar-refractivity contribution in [2.24, 2.45) is 0 Å². The van der Waals surface area contributed by atoms with Gasteiger partial charge in [-0.1, -0.05) is 12.1 Å². The number of morpholine rings is 1. The minimum absolute atomic E-state index is 0.0554. The minimum atomic E-state index is -4.55. The number of halogens is 3. The fraction of sp³-hybridized carbons (Fsp3) is 0.353. The molecule has 0 spiro atoms. The molecule has 2 amide bonds. The maximum atomic E-state index is 13.0. The summed E-state index contributed by atoms with van der Waals surface area (Å²) in [5, 5.41) is 4.73. The molecular formula is C17H18F3N5O2.